The molecule has 0 radical (unpaired) electrons. The molecule has 0 unspecified atom stereocenters. The van der Waals surface area contributed by atoms with Gasteiger partial charge in [0.1, 0.15) is 5.01 Å². The Hall–Kier alpha value is -1.25. The first kappa shape index (κ1) is 20.1. The summed E-state index contributed by atoms with van der Waals surface area (Å²) in [6, 6.07) is 7.41. The molecule has 1 fully saturated rings. The van der Waals surface area contributed by atoms with Crippen LogP contribution < -0.4 is 10.6 Å². The largest absolute Gasteiger partial charge is 0.384 e. The summed E-state index contributed by atoms with van der Waals surface area (Å²) < 4.78 is 5.30. The van der Waals surface area contributed by atoms with Crippen LogP contribution in [0.5, 0.6) is 0 Å². The molecule has 1 aromatic carbocycles. The van der Waals surface area contributed by atoms with Crippen LogP contribution in [0.25, 0.3) is 10.6 Å². The molecule has 2 N–H and O–H groups in total. The van der Waals surface area contributed by atoms with Gasteiger partial charge in [-0.05, 0) is 38.1 Å². The fourth-order valence-corrected chi connectivity index (χ4v) is 3.79. The van der Waals surface area contributed by atoms with Gasteiger partial charge >= 0.3 is 0 Å². The molecule has 1 amide bonds. The maximum Gasteiger partial charge on any atom is 0.234 e. The van der Waals surface area contributed by atoms with Crippen molar-refractivity contribution in [1.82, 2.24) is 15.5 Å². The van der Waals surface area contributed by atoms with E-state index in [1.165, 1.54) is 11.3 Å². The molecule has 1 saturated heterocycles. The average Bonchev–Trinajstić information content (AvgIpc) is 3.04. The Morgan fingerprint density at radius 2 is 2.16 bits per heavy atom. The molecule has 1 aliphatic rings. The van der Waals surface area contributed by atoms with E-state index in [0.717, 1.165) is 36.5 Å². The number of nitrogens with one attached hydrogen (secondary N) is 2. The number of ether oxygens (including phenoxy) is 1. The van der Waals surface area contributed by atoms with Gasteiger partial charge in [-0.15, -0.1) is 22.6 Å². The summed E-state index contributed by atoms with van der Waals surface area (Å²) >= 11 is 7.34. The maximum atomic E-state index is 12.8. The summed E-state index contributed by atoms with van der Waals surface area (Å²) in [7, 11) is 1.62. The van der Waals surface area contributed by atoms with Crippen LogP contribution in [0.15, 0.2) is 24.3 Å². The van der Waals surface area contributed by atoms with Crippen LogP contribution in [0.2, 0.25) is 5.02 Å². The van der Waals surface area contributed by atoms with Crippen molar-refractivity contribution in [1.29, 1.82) is 0 Å². The van der Waals surface area contributed by atoms with E-state index in [9.17, 15) is 4.79 Å². The van der Waals surface area contributed by atoms with E-state index in [1.807, 2.05) is 18.2 Å². The highest BCUT2D eigenvalue weighted by molar-refractivity contribution is 7.18. The number of halogens is 2. The van der Waals surface area contributed by atoms with Gasteiger partial charge < -0.3 is 10.1 Å². The minimum atomic E-state index is -0.512. The van der Waals surface area contributed by atoms with Gasteiger partial charge in [0, 0.05) is 17.7 Å². The number of benzene rings is 1. The maximum absolute atomic E-state index is 12.8. The van der Waals surface area contributed by atoms with Gasteiger partial charge in [0.05, 0.1) is 12.0 Å². The fourth-order valence-electron chi connectivity index (χ4n) is 2.86. The van der Waals surface area contributed by atoms with Crippen LogP contribution in [-0.4, -0.2) is 42.9 Å². The first-order valence-corrected chi connectivity index (χ1v) is 8.93. The van der Waals surface area contributed by atoms with Crippen LogP contribution in [0.1, 0.15) is 12.8 Å². The second-order valence-electron chi connectivity index (χ2n) is 5.84. The summed E-state index contributed by atoms with van der Waals surface area (Å²) in [5.74, 6) is -0.0559. The van der Waals surface area contributed by atoms with Gasteiger partial charge in [0.25, 0.3) is 0 Å². The van der Waals surface area contributed by atoms with Crippen molar-refractivity contribution in [3.05, 3.63) is 29.3 Å². The van der Waals surface area contributed by atoms with E-state index in [2.05, 4.69) is 20.8 Å². The molecule has 136 valence electrons. The Balaban J connectivity index is 0.00000225. The molecule has 0 aliphatic carbocycles. The fraction of sp³-hybridized carbons (Fsp3) is 0.438. The van der Waals surface area contributed by atoms with Crippen LogP contribution in [0.3, 0.4) is 0 Å². The highest BCUT2D eigenvalue weighted by Crippen LogP contribution is 2.33. The molecule has 25 heavy (non-hydrogen) atoms. The molecule has 3 rings (SSSR count). The lowest BCUT2D eigenvalue weighted by molar-refractivity contribution is -0.130. The SMILES string of the molecule is COCC1(C(=O)Nc2nnc(-c3cccc(Cl)c3)s2)CCNCC1.Cl. The third kappa shape index (κ3) is 4.68. The lowest BCUT2D eigenvalue weighted by Gasteiger charge is -2.35. The van der Waals surface area contributed by atoms with Crippen molar-refractivity contribution in [2.75, 3.05) is 32.1 Å². The zero-order valence-electron chi connectivity index (χ0n) is 13.8. The second kappa shape index (κ2) is 8.91. The monoisotopic (exact) mass is 402 g/mol. The minimum Gasteiger partial charge on any atom is -0.384 e. The molecule has 0 bridgehead atoms. The predicted molar refractivity (Wildman–Crippen MR) is 103 cm³/mol. The average molecular weight is 403 g/mol. The number of methoxy groups -OCH3 is 1. The standard InChI is InChI=1S/C16H19ClN4O2S.ClH/c1-23-10-16(5-7-18-8-6-16)14(22)19-15-21-20-13(24-15)11-3-2-4-12(17)9-11;/h2-4,9,18H,5-8,10H2,1H3,(H,19,21,22);1H. The van der Waals surface area contributed by atoms with E-state index in [4.69, 9.17) is 16.3 Å². The predicted octanol–water partition coefficient (Wildman–Crippen LogP) is 3.24. The van der Waals surface area contributed by atoms with E-state index in [1.54, 1.807) is 13.2 Å². The number of hydrogen-bond donors (Lipinski definition) is 2. The van der Waals surface area contributed by atoms with Crippen LogP contribution in [-0.2, 0) is 9.53 Å². The second-order valence-corrected chi connectivity index (χ2v) is 7.25. The van der Waals surface area contributed by atoms with Gasteiger partial charge in [0.15, 0.2) is 0 Å². The number of anilines is 1. The van der Waals surface area contributed by atoms with Crippen molar-refractivity contribution in [2.45, 2.75) is 12.8 Å². The molecule has 0 atom stereocenters. The van der Waals surface area contributed by atoms with Gasteiger partial charge in [-0.1, -0.05) is 35.1 Å². The van der Waals surface area contributed by atoms with Gasteiger partial charge in [-0.3, -0.25) is 10.1 Å². The van der Waals surface area contributed by atoms with E-state index in [-0.39, 0.29) is 18.3 Å². The summed E-state index contributed by atoms with van der Waals surface area (Å²) in [5.41, 5.74) is 0.371. The number of rotatable bonds is 5. The Labute approximate surface area is 161 Å². The number of aromatic nitrogens is 2. The molecule has 0 spiro atoms. The number of amides is 1. The number of carbonyl (C=O) groups is 1. The smallest absolute Gasteiger partial charge is 0.234 e. The topological polar surface area (TPSA) is 76.1 Å². The van der Waals surface area contributed by atoms with Gasteiger partial charge in [0.2, 0.25) is 11.0 Å². The van der Waals surface area contributed by atoms with Crippen LogP contribution >= 0.6 is 35.3 Å². The molecule has 2 aromatic rings. The first-order chi connectivity index (χ1) is 11.6. The molecule has 0 saturated carbocycles. The number of nitrogens with zero attached hydrogens (tertiary/aromatic N) is 2. The number of carbonyl (C=O) groups excluding carboxylic acids is 1. The van der Waals surface area contributed by atoms with Gasteiger partial charge in [-0.2, -0.15) is 0 Å². The Bertz CT molecular complexity index is 714. The van der Waals surface area contributed by atoms with E-state index < -0.39 is 5.41 Å². The van der Waals surface area contributed by atoms with Crippen LogP contribution in [0, 0.1) is 5.41 Å². The minimum absolute atomic E-state index is 0. The molecular weight excluding hydrogens is 383 g/mol. The summed E-state index contributed by atoms with van der Waals surface area (Å²) in [6.07, 6.45) is 1.49. The van der Waals surface area contributed by atoms with Crippen molar-refractivity contribution < 1.29 is 9.53 Å². The normalized spacial score (nSPS) is 16.1. The lowest BCUT2D eigenvalue weighted by Crippen LogP contribution is -2.47. The molecule has 6 nitrogen and oxygen atoms in total. The van der Waals surface area contributed by atoms with E-state index in [0.29, 0.717) is 16.8 Å². The molecule has 1 aliphatic heterocycles. The Kier molecular flexibility index (Phi) is 7.15. The lowest BCUT2D eigenvalue weighted by atomic mass is 9.79. The van der Waals surface area contributed by atoms with E-state index >= 15 is 0 Å². The summed E-state index contributed by atoms with van der Waals surface area (Å²) in [6.45, 7) is 2.02. The Morgan fingerprint density at radius 3 is 2.84 bits per heavy atom. The number of piperidine rings is 1. The zero-order valence-corrected chi connectivity index (χ0v) is 16.1. The van der Waals surface area contributed by atoms with Crippen molar-refractivity contribution in [3.8, 4) is 10.6 Å². The van der Waals surface area contributed by atoms with Crippen molar-refractivity contribution >= 4 is 46.4 Å². The molecular formula is C16H20Cl2N4O2S. The van der Waals surface area contributed by atoms with Crippen LogP contribution in [0.4, 0.5) is 5.13 Å². The highest BCUT2D eigenvalue weighted by Gasteiger charge is 2.40. The number of hydrogen-bond acceptors (Lipinski definition) is 6. The zero-order chi connectivity index (χ0) is 17.0. The van der Waals surface area contributed by atoms with Crippen molar-refractivity contribution in [2.24, 2.45) is 5.41 Å². The third-order valence-electron chi connectivity index (χ3n) is 4.18. The van der Waals surface area contributed by atoms with Crippen molar-refractivity contribution in [3.63, 3.8) is 0 Å². The molecule has 1 aromatic heterocycles. The third-order valence-corrected chi connectivity index (χ3v) is 5.30. The highest BCUT2D eigenvalue weighted by atomic mass is 35.5. The molecule has 9 heteroatoms. The summed E-state index contributed by atoms with van der Waals surface area (Å²) in [4.78, 5) is 12.8. The Morgan fingerprint density at radius 1 is 1.40 bits per heavy atom. The molecule has 2 heterocycles. The first-order valence-electron chi connectivity index (χ1n) is 7.73. The summed E-state index contributed by atoms with van der Waals surface area (Å²) in [5, 5.41) is 16.3. The quantitative estimate of drug-likeness (QED) is 0.802. The van der Waals surface area contributed by atoms with Gasteiger partial charge in [-0.25, -0.2) is 0 Å².